The molecule has 0 saturated heterocycles. The van der Waals surface area contributed by atoms with E-state index in [1.54, 1.807) is 18.2 Å². The third kappa shape index (κ3) is 4.40. The van der Waals surface area contributed by atoms with Crippen LogP contribution < -0.4 is 10.1 Å². The number of thiazole rings is 1. The summed E-state index contributed by atoms with van der Waals surface area (Å²) in [6, 6.07) is 12.8. The number of ether oxygens (including phenoxy) is 1. The first-order chi connectivity index (χ1) is 14.0. The van der Waals surface area contributed by atoms with Gasteiger partial charge in [0.25, 0.3) is 0 Å². The van der Waals surface area contributed by atoms with E-state index < -0.39 is 0 Å². The molecule has 2 aromatic heterocycles. The van der Waals surface area contributed by atoms with E-state index in [-0.39, 0.29) is 12.3 Å². The van der Waals surface area contributed by atoms with Crippen molar-refractivity contribution < 1.29 is 9.53 Å². The first-order valence-corrected chi connectivity index (χ1v) is 10.6. The Kier molecular flexibility index (Phi) is 5.76. The summed E-state index contributed by atoms with van der Waals surface area (Å²) in [5.41, 5.74) is 3.24. The zero-order valence-electron chi connectivity index (χ0n) is 15.5. The Bertz CT molecular complexity index is 1170. The van der Waals surface area contributed by atoms with Crippen molar-refractivity contribution in [1.82, 2.24) is 9.38 Å². The van der Waals surface area contributed by atoms with E-state index >= 15 is 0 Å². The van der Waals surface area contributed by atoms with Crippen LogP contribution in [0.3, 0.4) is 0 Å². The highest BCUT2D eigenvalue weighted by Gasteiger charge is 2.14. The van der Waals surface area contributed by atoms with Crippen LogP contribution in [-0.2, 0) is 11.2 Å². The number of aromatic nitrogens is 2. The Hall–Kier alpha value is -2.54. The number of carbonyl (C=O) groups is 1. The molecular weight excluding hydrogens is 429 g/mol. The van der Waals surface area contributed by atoms with Crippen molar-refractivity contribution in [1.29, 1.82) is 0 Å². The maximum Gasteiger partial charge on any atom is 0.230 e. The number of anilines is 1. The van der Waals surface area contributed by atoms with Crippen molar-refractivity contribution in [2.45, 2.75) is 13.3 Å². The molecule has 0 fully saturated rings. The summed E-state index contributed by atoms with van der Waals surface area (Å²) >= 11 is 13.5. The molecule has 148 valence electrons. The van der Waals surface area contributed by atoms with E-state index in [0.717, 1.165) is 27.7 Å². The molecule has 0 unspecified atom stereocenters. The molecule has 1 N–H and O–H groups in total. The lowest BCUT2D eigenvalue weighted by Gasteiger charge is -2.07. The lowest BCUT2D eigenvalue weighted by atomic mass is 10.1. The van der Waals surface area contributed by atoms with Crippen molar-refractivity contribution in [3.05, 3.63) is 69.8 Å². The fraction of sp³-hybridized carbons (Fsp3) is 0.143. The second kappa shape index (κ2) is 8.45. The predicted octanol–water partition coefficient (Wildman–Crippen LogP) is 5.95. The maximum atomic E-state index is 12.5. The molecule has 5 nitrogen and oxygen atoms in total. The average molecular weight is 446 g/mol. The van der Waals surface area contributed by atoms with Crippen molar-refractivity contribution in [2.24, 2.45) is 0 Å². The molecule has 0 atom stereocenters. The molecule has 0 spiro atoms. The Morgan fingerprint density at radius 3 is 2.72 bits per heavy atom. The number of benzene rings is 2. The molecule has 0 radical (unpaired) electrons. The largest absolute Gasteiger partial charge is 0.494 e. The lowest BCUT2D eigenvalue weighted by molar-refractivity contribution is -0.115. The minimum absolute atomic E-state index is 0.162. The number of nitrogens with zero attached hydrogens (tertiary/aromatic N) is 2. The highest BCUT2D eigenvalue weighted by atomic mass is 35.5. The van der Waals surface area contributed by atoms with Crippen LogP contribution >= 0.6 is 34.5 Å². The van der Waals surface area contributed by atoms with Crippen LogP contribution in [0.4, 0.5) is 5.69 Å². The Morgan fingerprint density at radius 1 is 1.21 bits per heavy atom. The Labute approximate surface area is 181 Å². The van der Waals surface area contributed by atoms with Gasteiger partial charge in [-0.15, -0.1) is 11.3 Å². The number of rotatable bonds is 6. The third-order valence-corrected chi connectivity index (χ3v) is 5.73. The van der Waals surface area contributed by atoms with Gasteiger partial charge in [0.05, 0.1) is 29.4 Å². The van der Waals surface area contributed by atoms with Gasteiger partial charge < -0.3 is 10.1 Å². The zero-order chi connectivity index (χ0) is 20.4. The van der Waals surface area contributed by atoms with E-state index in [1.165, 1.54) is 11.3 Å². The number of amides is 1. The molecule has 2 aromatic carbocycles. The highest BCUT2D eigenvalue weighted by Crippen LogP contribution is 2.27. The Balaban J connectivity index is 1.52. The van der Waals surface area contributed by atoms with E-state index in [9.17, 15) is 4.79 Å². The summed E-state index contributed by atoms with van der Waals surface area (Å²) in [5.74, 6) is 0.667. The van der Waals surface area contributed by atoms with Gasteiger partial charge in [-0.1, -0.05) is 23.2 Å². The van der Waals surface area contributed by atoms with Crippen LogP contribution in [0, 0.1) is 0 Å². The van der Waals surface area contributed by atoms with E-state index in [1.807, 2.05) is 47.2 Å². The molecule has 0 aliphatic rings. The number of hydrogen-bond donors (Lipinski definition) is 1. The molecule has 8 heteroatoms. The van der Waals surface area contributed by atoms with Crippen molar-refractivity contribution >= 4 is 51.1 Å². The first kappa shape index (κ1) is 19.8. The fourth-order valence-electron chi connectivity index (χ4n) is 2.93. The van der Waals surface area contributed by atoms with Crippen LogP contribution in [0.2, 0.25) is 10.0 Å². The molecule has 0 aliphatic heterocycles. The van der Waals surface area contributed by atoms with Crippen LogP contribution in [0.5, 0.6) is 5.75 Å². The van der Waals surface area contributed by atoms with Crippen LogP contribution in [-0.4, -0.2) is 21.9 Å². The quantitative estimate of drug-likeness (QED) is 0.398. The number of carbonyl (C=O) groups excluding carboxylic acids is 1. The normalized spacial score (nSPS) is 11.0. The van der Waals surface area contributed by atoms with Gasteiger partial charge in [-0.05, 0) is 49.4 Å². The summed E-state index contributed by atoms with van der Waals surface area (Å²) in [5, 5.41) is 5.69. The molecule has 0 aliphatic carbocycles. The molecule has 1 amide bonds. The number of nitrogens with one attached hydrogen (secondary N) is 1. The fourth-order valence-corrected chi connectivity index (χ4v) is 4.26. The van der Waals surface area contributed by atoms with E-state index in [2.05, 4.69) is 10.3 Å². The van der Waals surface area contributed by atoms with Crippen molar-refractivity contribution in [3.63, 3.8) is 0 Å². The molecule has 0 bridgehead atoms. The zero-order valence-corrected chi connectivity index (χ0v) is 17.8. The molecule has 4 rings (SSSR count). The van der Waals surface area contributed by atoms with Gasteiger partial charge in [0.2, 0.25) is 5.91 Å². The van der Waals surface area contributed by atoms with Crippen molar-refractivity contribution in [3.8, 4) is 17.0 Å². The summed E-state index contributed by atoms with van der Waals surface area (Å²) in [7, 11) is 0. The van der Waals surface area contributed by atoms with Crippen LogP contribution in [0.15, 0.2) is 54.0 Å². The maximum absolute atomic E-state index is 12.5. The lowest BCUT2D eigenvalue weighted by Crippen LogP contribution is -2.15. The van der Waals surface area contributed by atoms with Gasteiger partial charge in [-0.3, -0.25) is 9.20 Å². The highest BCUT2D eigenvalue weighted by molar-refractivity contribution is 7.15. The minimum Gasteiger partial charge on any atom is -0.494 e. The molecule has 29 heavy (non-hydrogen) atoms. The molecule has 2 heterocycles. The minimum atomic E-state index is -0.162. The molecule has 4 aromatic rings. The number of halogens is 2. The number of fused-ring (bicyclic) bond motifs is 1. The SMILES string of the molecule is CCOc1ccc(-c2cn3c(CC(=O)Nc4ccc(Cl)cc4Cl)csc3n2)cc1. The first-order valence-electron chi connectivity index (χ1n) is 8.97. The van der Waals surface area contributed by atoms with Gasteiger partial charge >= 0.3 is 0 Å². The number of hydrogen-bond acceptors (Lipinski definition) is 4. The average Bonchev–Trinajstić information content (AvgIpc) is 3.27. The van der Waals surface area contributed by atoms with Crippen LogP contribution in [0.25, 0.3) is 16.2 Å². The van der Waals surface area contributed by atoms with E-state index in [0.29, 0.717) is 22.3 Å². The standard InChI is InChI=1S/C21H17Cl2N3O2S/c1-2-28-16-6-3-13(4-7-16)19-11-26-15(12-29-21(26)25-19)10-20(27)24-18-8-5-14(22)9-17(18)23/h3-9,11-12H,2,10H2,1H3,(H,24,27). The van der Waals surface area contributed by atoms with Crippen LogP contribution in [0.1, 0.15) is 12.6 Å². The Morgan fingerprint density at radius 2 is 2.00 bits per heavy atom. The molecular formula is C21H17Cl2N3O2S. The summed E-state index contributed by atoms with van der Waals surface area (Å²) in [4.78, 5) is 18.0. The van der Waals surface area contributed by atoms with Gasteiger partial charge in [0.1, 0.15) is 5.75 Å². The smallest absolute Gasteiger partial charge is 0.230 e. The predicted molar refractivity (Wildman–Crippen MR) is 118 cm³/mol. The molecule has 0 saturated carbocycles. The van der Waals surface area contributed by atoms with Gasteiger partial charge in [0, 0.05) is 27.9 Å². The van der Waals surface area contributed by atoms with Crippen molar-refractivity contribution in [2.75, 3.05) is 11.9 Å². The summed E-state index contributed by atoms with van der Waals surface area (Å²) < 4.78 is 7.43. The van der Waals surface area contributed by atoms with Gasteiger partial charge in [0.15, 0.2) is 4.96 Å². The summed E-state index contributed by atoms with van der Waals surface area (Å²) in [6.45, 7) is 2.59. The second-order valence-corrected chi connectivity index (χ2v) is 7.99. The third-order valence-electron chi connectivity index (χ3n) is 4.29. The van der Waals surface area contributed by atoms with E-state index in [4.69, 9.17) is 27.9 Å². The topological polar surface area (TPSA) is 55.6 Å². The number of imidazole rings is 1. The summed E-state index contributed by atoms with van der Waals surface area (Å²) in [6.07, 6.45) is 2.15. The monoisotopic (exact) mass is 445 g/mol. The second-order valence-electron chi connectivity index (χ2n) is 6.31. The van der Waals surface area contributed by atoms with Gasteiger partial charge in [-0.25, -0.2) is 4.98 Å². The van der Waals surface area contributed by atoms with Gasteiger partial charge in [-0.2, -0.15) is 0 Å².